The molecule has 5 nitrogen and oxygen atoms in total. The number of carbonyl (C=O) groups is 2. The molecule has 0 spiro atoms. The zero-order chi connectivity index (χ0) is 11.1. The van der Waals surface area contributed by atoms with Crippen molar-refractivity contribution in [3.8, 4) is 0 Å². The number of carbonyl (C=O) groups excluding carboxylic acids is 2. The maximum Gasteiger partial charge on any atom is 0.407 e. The van der Waals surface area contributed by atoms with Crippen molar-refractivity contribution in [3.05, 3.63) is 0 Å². The van der Waals surface area contributed by atoms with Crippen LogP contribution in [0.3, 0.4) is 0 Å². The molecule has 0 radical (unpaired) electrons. The van der Waals surface area contributed by atoms with Gasteiger partial charge in [0.1, 0.15) is 19.8 Å². The number of alkyl halides is 1. The molecule has 15 heavy (non-hydrogen) atoms. The topological polar surface area (TPSA) is 58.6 Å². The summed E-state index contributed by atoms with van der Waals surface area (Å²) in [6.45, 7) is 0.433. The quantitative estimate of drug-likeness (QED) is 0.738. The molecule has 0 aromatic rings. The Labute approximate surface area is 87.6 Å². The zero-order valence-corrected chi connectivity index (χ0v) is 8.50. The molecule has 0 unspecified atom stereocenters. The minimum absolute atomic E-state index is 0.0783. The van der Waals surface area contributed by atoms with E-state index in [1.165, 1.54) is 0 Å². The molecule has 0 aromatic heterocycles. The Hall–Kier alpha value is -1.33. The molecule has 2 amide bonds. The van der Waals surface area contributed by atoms with Gasteiger partial charge in [0.05, 0.1) is 0 Å². The lowest BCUT2D eigenvalue weighted by Crippen LogP contribution is -2.39. The largest absolute Gasteiger partial charge is 0.447 e. The Morgan fingerprint density at radius 1 is 1.33 bits per heavy atom. The molecule has 1 fully saturated rings. The van der Waals surface area contributed by atoms with E-state index in [0.717, 1.165) is 25.9 Å². The number of alkyl carbamates (subject to hydrolysis) is 1. The summed E-state index contributed by atoms with van der Waals surface area (Å²) in [6, 6.07) is 0. The van der Waals surface area contributed by atoms with Gasteiger partial charge in [0.25, 0.3) is 0 Å². The molecule has 6 heteroatoms. The van der Waals surface area contributed by atoms with Crippen LogP contribution in [0.5, 0.6) is 0 Å². The number of hydrogen-bond donors (Lipinski definition) is 1. The lowest BCUT2D eigenvalue weighted by molar-refractivity contribution is -0.129. The highest BCUT2D eigenvalue weighted by atomic mass is 19.1. The number of nitrogens with zero attached hydrogens (tertiary/aromatic N) is 1. The summed E-state index contributed by atoms with van der Waals surface area (Å²) in [6.07, 6.45) is 1.27. The normalized spacial score (nSPS) is 15.1. The summed E-state index contributed by atoms with van der Waals surface area (Å²) >= 11 is 0. The van der Waals surface area contributed by atoms with E-state index in [-0.39, 0.29) is 19.1 Å². The fourth-order valence-electron chi connectivity index (χ4n) is 1.41. The highest BCUT2D eigenvalue weighted by molar-refractivity contribution is 5.82. The Morgan fingerprint density at radius 2 is 2.00 bits per heavy atom. The Balaban J connectivity index is 2.12. The first-order valence-electron chi connectivity index (χ1n) is 4.98. The van der Waals surface area contributed by atoms with E-state index in [9.17, 15) is 14.0 Å². The first-order valence-corrected chi connectivity index (χ1v) is 4.98. The van der Waals surface area contributed by atoms with Crippen LogP contribution in [0.2, 0.25) is 0 Å². The van der Waals surface area contributed by atoms with Crippen LogP contribution in [-0.4, -0.2) is 49.8 Å². The fourth-order valence-corrected chi connectivity index (χ4v) is 1.41. The summed E-state index contributed by atoms with van der Waals surface area (Å²) < 4.78 is 16.0. The van der Waals surface area contributed by atoms with Crippen molar-refractivity contribution < 1.29 is 18.7 Å². The number of likely N-dealkylation sites (tertiary alicyclic amines) is 1. The molecule has 1 rings (SSSR count). The second-order valence-electron chi connectivity index (χ2n) is 3.27. The van der Waals surface area contributed by atoms with E-state index >= 15 is 0 Å². The second-order valence-corrected chi connectivity index (χ2v) is 3.27. The number of nitrogens with one attached hydrogen (secondary N) is 1. The SMILES string of the molecule is O=C(NCC(=O)N1CCCC1)OCCF. The van der Waals surface area contributed by atoms with E-state index in [1.54, 1.807) is 4.90 Å². The first-order chi connectivity index (χ1) is 7.24. The summed E-state index contributed by atoms with van der Waals surface area (Å²) in [4.78, 5) is 23.9. The molecule has 0 bridgehead atoms. The molecule has 0 saturated carbocycles. The van der Waals surface area contributed by atoms with Crippen molar-refractivity contribution >= 4 is 12.0 Å². The number of hydrogen-bond acceptors (Lipinski definition) is 3. The van der Waals surface area contributed by atoms with Gasteiger partial charge >= 0.3 is 6.09 Å². The number of ether oxygens (including phenoxy) is 1. The maximum absolute atomic E-state index is 11.6. The van der Waals surface area contributed by atoms with Gasteiger partial charge in [-0.3, -0.25) is 4.79 Å². The van der Waals surface area contributed by atoms with Gasteiger partial charge in [0, 0.05) is 13.1 Å². The van der Waals surface area contributed by atoms with Crippen LogP contribution in [0.4, 0.5) is 9.18 Å². The minimum Gasteiger partial charge on any atom is -0.447 e. The van der Waals surface area contributed by atoms with Crippen LogP contribution in [-0.2, 0) is 9.53 Å². The van der Waals surface area contributed by atoms with Gasteiger partial charge in [0.2, 0.25) is 5.91 Å². The molecule has 1 aliphatic rings. The molecule has 0 aliphatic carbocycles. The molecule has 0 atom stereocenters. The predicted octanol–water partition coefficient (Wildman–Crippen LogP) is 0.304. The van der Waals surface area contributed by atoms with E-state index < -0.39 is 12.8 Å². The predicted molar refractivity (Wildman–Crippen MR) is 51.1 cm³/mol. The van der Waals surface area contributed by atoms with E-state index in [0.29, 0.717) is 0 Å². The molecule has 1 N–H and O–H groups in total. The van der Waals surface area contributed by atoms with Crippen molar-refractivity contribution in [2.24, 2.45) is 0 Å². The van der Waals surface area contributed by atoms with Gasteiger partial charge in [0.15, 0.2) is 0 Å². The lowest BCUT2D eigenvalue weighted by atomic mass is 10.4. The number of halogens is 1. The zero-order valence-electron chi connectivity index (χ0n) is 8.50. The van der Waals surface area contributed by atoms with E-state index in [1.807, 2.05) is 0 Å². The van der Waals surface area contributed by atoms with Crippen LogP contribution in [0.25, 0.3) is 0 Å². The number of amides is 2. The standard InChI is InChI=1S/C9H15FN2O3/c10-3-6-15-9(14)11-7-8(13)12-4-1-2-5-12/h1-7H2,(H,11,14). The summed E-state index contributed by atoms with van der Waals surface area (Å²) in [5, 5.41) is 2.28. The monoisotopic (exact) mass is 218 g/mol. The molecular formula is C9H15FN2O3. The van der Waals surface area contributed by atoms with E-state index in [4.69, 9.17) is 0 Å². The van der Waals surface area contributed by atoms with Crippen molar-refractivity contribution in [1.29, 1.82) is 0 Å². The molecule has 1 saturated heterocycles. The maximum atomic E-state index is 11.6. The van der Waals surface area contributed by atoms with Crippen molar-refractivity contribution in [3.63, 3.8) is 0 Å². The average Bonchev–Trinajstić information content (AvgIpc) is 2.76. The van der Waals surface area contributed by atoms with Crippen molar-refractivity contribution in [2.45, 2.75) is 12.8 Å². The Morgan fingerprint density at radius 3 is 2.60 bits per heavy atom. The molecule has 1 aliphatic heterocycles. The van der Waals surface area contributed by atoms with Crippen LogP contribution >= 0.6 is 0 Å². The van der Waals surface area contributed by atoms with E-state index in [2.05, 4.69) is 10.1 Å². The third-order valence-electron chi connectivity index (χ3n) is 2.15. The van der Waals surface area contributed by atoms with Crippen LogP contribution in [0.1, 0.15) is 12.8 Å². The third-order valence-corrected chi connectivity index (χ3v) is 2.15. The smallest absolute Gasteiger partial charge is 0.407 e. The fraction of sp³-hybridized carbons (Fsp3) is 0.778. The minimum atomic E-state index is -0.750. The average molecular weight is 218 g/mol. The molecule has 86 valence electrons. The highest BCUT2D eigenvalue weighted by Crippen LogP contribution is 2.06. The summed E-state index contributed by atoms with van der Waals surface area (Å²) in [7, 11) is 0. The Bertz CT molecular complexity index is 229. The van der Waals surface area contributed by atoms with Crippen molar-refractivity contribution in [1.82, 2.24) is 10.2 Å². The summed E-state index contributed by atoms with van der Waals surface area (Å²) in [5.74, 6) is -0.121. The van der Waals surface area contributed by atoms with Gasteiger partial charge in [-0.25, -0.2) is 9.18 Å². The van der Waals surface area contributed by atoms with Gasteiger partial charge in [-0.15, -0.1) is 0 Å². The summed E-state index contributed by atoms with van der Waals surface area (Å²) in [5.41, 5.74) is 0. The molecular weight excluding hydrogens is 203 g/mol. The number of rotatable bonds is 4. The lowest BCUT2D eigenvalue weighted by Gasteiger charge is -2.15. The third kappa shape index (κ3) is 4.14. The van der Waals surface area contributed by atoms with Crippen LogP contribution in [0.15, 0.2) is 0 Å². The van der Waals surface area contributed by atoms with Gasteiger partial charge < -0.3 is 15.0 Å². The first kappa shape index (κ1) is 11.7. The van der Waals surface area contributed by atoms with Gasteiger partial charge in [-0.1, -0.05) is 0 Å². The second kappa shape index (κ2) is 6.21. The van der Waals surface area contributed by atoms with Crippen molar-refractivity contribution in [2.75, 3.05) is 32.9 Å². The Kier molecular flexibility index (Phi) is 4.86. The molecule has 1 heterocycles. The highest BCUT2D eigenvalue weighted by Gasteiger charge is 2.18. The van der Waals surface area contributed by atoms with Crippen LogP contribution in [0, 0.1) is 0 Å². The van der Waals surface area contributed by atoms with Crippen LogP contribution < -0.4 is 5.32 Å². The van der Waals surface area contributed by atoms with Gasteiger partial charge in [-0.2, -0.15) is 0 Å². The molecule has 0 aromatic carbocycles. The van der Waals surface area contributed by atoms with Gasteiger partial charge in [-0.05, 0) is 12.8 Å².